The quantitative estimate of drug-likeness (QED) is 0.169. The van der Waals surface area contributed by atoms with Crippen molar-refractivity contribution in [2.75, 3.05) is 13.2 Å². The highest BCUT2D eigenvalue weighted by atomic mass is 16.6. The monoisotopic (exact) mass is 775 g/mol. The second-order valence-electron chi connectivity index (χ2n) is 25.7. The van der Waals surface area contributed by atoms with Crippen LogP contribution in [0.1, 0.15) is 200 Å². The molecule has 0 aliphatic carbocycles. The van der Waals surface area contributed by atoms with Gasteiger partial charge in [-0.05, 0) is 118 Å². The number of ether oxygens (including phenoxy) is 4. The third kappa shape index (κ3) is 12.5. The van der Waals surface area contributed by atoms with E-state index in [9.17, 15) is 0 Å². The normalized spacial score (nSPS) is 21.3. The van der Waals surface area contributed by atoms with Crippen LogP contribution in [-0.2, 0) is 31.1 Å². The van der Waals surface area contributed by atoms with E-state index in [0.717, 1.165) is 37.2 Å². The van der Waals surface area contributed by atoms with Gasteiger partial charge in [-0.1, -0.05) is 138 Å². The minimum atomic E-state index is -0.154. The second-order valence-corrected chi connectivity index (χ2v) is 25.7. The standard InChI is InChI=1S/C52H86O4/c1-33-41(55-33)27-53-43-37(49(15,16)29-45(3,4)5)23-35(24-38(43)50(17,18)30-46(6,7)8)36-25-39(51(19,20)31-47(9,10)11)44(54-28-42-34(2)56-42)40(26-36)52(21,22)32-48(12,13)14/h23-26,33-34,41-42H,27-32H2,1-22H3. The van der Waals surface area contributed by atoms with E-state index in [4.69, 9.17) is 18.9 Å². The molecule has 2 aliphatic rings. The summed E-state index contributed by atoms with van der Waals surface area (Å²) >= 11 is 0. The predicted molar refractivity (Wildman–Crippen MR) is 240 cm³/mol. The van der Waals surface area contributed by atoms with Crippen molar-refractivity contribution in [3.8, 4) is 22.6 Å². The van der Waals surface area contributed by atoms with E-state index in [2.05, 4.69) is 177 Å². The average molecular weight is 775 g/mol. The predicted octanol–water partition coefficient (Wildman–Crippen LogP) is 14.5. The molecule has 56 heavy (non-hydrogen) atoms. The van der Waals surface area contributed by atoms with Crippen LogP contribution in [0.5, 0.6) is 11.5 Å². The van der Waals surface area contributed by atoms with Gasteiger partial charge < -0.3 is 18.9 Å². The van der Waals surface area contributed by atoms with Crippen LogP contribution in [-0.4, -0.2) is 37.6 Å². The van der Waals surface area contributed by atoms with Crippen molar-refractivity contribution in [1.29, 1.82) is 0 Å². The highest BCUT2D eigenvalue weighted by Crippen LogP contribution is 2.52. The lowest BCUT2D eigenvalue weighted by atomic mass is 9.66. The van der Waals surface area contributed by atoms with Crippen molar-refractivity contribution in [2.45, 2.75) is 224 Å². The van der Waals surface area contributed by atoms with E-state index >= 15 is 0 Å². The molecule has 0 bridgehead atoms. The van der Waals surface area contributed by atoms with Gasteiger partial charge in [0.05, 0.1) is 12.2 Å². The van der Waals surface area contributed by atoms with E-state index in [-0.39, 0.29) is 67.7 Å². The summed E-state index contributed by atoms with van der Waals surface area (Å²) in [6, 6.07) is 9.97. The Morgan fingerprint density at radius 3 is 0.750 bits per heavy atom. The smallest absolute Gasteiger partial charge is 0.126 e. The number of benzene rings is 2. The molecule has 4 nitrogen and oxygen atoms in total. The first-order chi connectivity index (χ1) is 25.0. The molecule has 4 unspecified atom stereocenters. The number of epoxide rings is 2. The third-order valence-electron chi connectivity index (χ3n) is 11.8. The maximum atomic E-state index is 7.05. The number of rotatable bonds is 15. The first kappa shape index (κ1) is 46.6. The number of hydrogen-bond acceptors (Lipinski definition) is 4. The molecule has 2 aromatic rings. The van der Waals surface area contributed by atoms with Gasteiger partial charge in [0.2, 0.25) is 0 Å². The van der Waals surface area contributed by atoms with E-state index < -0.39 is 0 Å². The Morgan fingerprint density at radius 1 is 0.393 bits per heavy atom. The van der Waals surface area contributed by atoms with Crippen LogP contribution in [0.15, 0.2) is 24.3 Å². The second kappa shape index (κ2) is 15.5. The van der Waals surface area contributed by atoms with Crippen LogP contribution < -0.4 is 9.47 Å². The molecule has 0 N–H and O–H groups in total. The van der Waals surface area contributed by atoms with Crippen molar-refractivity contribution < 1.29 is 18.9 Å². The molecule has 2 aromatic carbocycles. The summed E-state index contributed by atoms with van der Waals surface area (Å²) < 4.78 is 25.9. The molecular weight excluding hydrogens is 689 g/mol. The zero-order chi connectivity index (χ0) is 42.8. The molecule has 2 saturated heterocycles. The minimum Gasteiger partial charge on any atom is -0.490 e. The van der Waals surface area contributed by atoms with Gasteiger partial charge >= 0.3 is 0 Å². The lowest BCUT2D eigenvalue weighted by molar-refractivity contribution is 0.231. The summed E-state index contributed by atoms with van der Waals surface area (Å²) in [4.78, 5) is 0. The molecule has 4 rings (SSSR count). The summed E-state index contributed by atoms with van der Waals surface area (Å²) in [5.74, 6) is 2.11. The van der Waals surface area contributed by atoms with Crippen molar-refractivity contribution in [3.63, 3.8) is 0 Å². The molecule has 0 radical (unpaired) electrons. The Hall–Kier alpha value is -2.04. The highest BCUT2D eigenvalue weighted by Gasteiger charge is 2.42. The lowest BCUT2D eigenvalue weighted by Gasteiger charge is -2.40. The molecule has 0 spiro atoms. The lowest BCUT2D eigenvalue weighted by Crippen LogP contribution is -2.30. The highest BCUT2D eigenvalue weighted by molar-refractivity contribution is 5.73. The summed E-state index contributed by atoms with van der Waals surface area (Å²) in [6.45, 7) is 53.2. The summed E-state index contributed by atoms with van der Waals surface area (Å²) in [5, 5.41) is 0. The summed E-state index contributed by atoms with van der Waals surface area (Å²) in [7, 11) is 0. The van der Waals surface area contributed by atoms with Gasteiger partial charge in [0.25, 0.3) is 0 Å². The van der Waals surface area contributed by atoms with Gasteiger partial charge in [0.15, 0.2) is 0 Å². The van der Waals surface area contributed by atoms with Crippen LogP contribution in [0, 0.1) is 21.7 Å². The van der Waals surface area contributed by atoms with Crippen molar-refractivity contribution >= 4 is 0 Å². The molecule has 4 atom stereocenters. The molecular formula is C52H86O4. The maximum Gasteiger partial charge on any atom is 0.126 e. The van der Waals surface area contributed by atoms with Gasteiger partial charge in [0, 0.05) is 22.3 Å². The molecule has 0 amide bonds. The zero-order valence-corrected chi connectivity index (χ0v) is 40.5. The van der Waals surface area contributed by atoms with E-state index in [1.165, 1.54) is 33.4 Å². The summed E-state index contributed by atoms with van der Waals surface area (Å²) in [6.07, 6.45) is 4.87. The molecule has 2 fully saturated rings. The third-order valence-corrected chi connectivity index (χ3v) is 11.8. The van der Waals surface area contributed by atoms with Crippen molar-refractivity contribution in [1.82, 2.24) is 0 Å². The van der Waals surface area contributed by atoms with Crippen LogP contribution in [0.25, 0.3) is 11.1 Å². The summed E-state index contributed by atoms with van der Waals surface area (Å²) in [5.41, 5.74) is 7.58. The molecule has 0 aromatic heterocycles. The van der Waals surface area contributed by atoms with Crippen molar-refractivity contribution in [2.24, 2.45) is 21.7 Å². The fourth-order valence-corrected chi connectivity index (χ4v) is 10.7. The van der Waals surface area contributed by atoms with Crippen LogP contribution in [0.4, 0.5) is 0 Å². The minimum absolute atomic E-state index is 0.127. The molecule has 2 aliphatic heterocycles. The van der Waals surface area contributed by atoms with Gasteiger partial charge in [-0.2, -0.15) is 0 Å². The Kier molecular flexibility index (Phi) is 12.9. The fourth-order valence-electron chi connectivity index (χ4n) is 10.7. The largest absolute Gasteiger partial charge is 0.490 e. The molecule has 318 valence electrons. The Labute approximate surface area is 346 Å². The Balaban J connectivity index is 2.14. The van der Waals surface area contributed by atoms with E-state index in [1.54, 1.807) is 0 Å². The fraction of sp³-hybridized carbons (Fsp3) is 0.769. The topological polar surface area (TPSA) is 43.5 Å². The van der Waals surface area contributed by atoms with Gasteiger partial charge in [-0.25, -0.2) is 0 Å². The Bertz CT molecular complexity index is 1450. The first-order valence-electron chi connectivity index (χ1n) is 22.0. The van der Waals surface area contributed by atoms with Gasteiger partial charge in [0.1, 0.15) is 36.9 Å². The van der Waals surface area contributed by atoms with Gasteiger partial charge in [-0.15, -0.1) is 0 Å². The molecule has 0 saturated carbocycles. The zero-order valence-electron chi connectivity index (χ0n) is 40.5. The van der Waals surface area contributed by atoms with E-state index in [1.807, 2.05) is 0 Å². The number of hydrogen-bond donors (Lipinski definition) is 0. The van der Waals surface area contributed by atoms with Crippen molar-refractivity contribution in [3.05, 3.63) is 46.5 Å². The SMILES string of the molecule is CC1OC1COc1c(C(C)(C)CC(C)(C)C)cc(-c2cc(C(C)(C)CC(C)(C)C)c(OCC3OC3C)c(C(C)(C)CC(C)(C)C)c2)cc1C(C)(C)CC(C)(C)C. The molecule has 4 heteroatoms. The Morgan fingerprint density at radius 2 is 0.589 bits per heavy atom. The first-order valence-corrected chi connectivity index (χ1v) is 22.0. The van der Waals surface area contributed by atoms with E-state index in [0.29, 0.717) is 13.2 Å². The molecule has 2 heterocycles. The van der Waals surface area contributed by atoms with Gasteiger partial charge in [-0.3, -0.25) is 0 Å². The van der Waals surface area contributed by atoms with Crippen LogP contribution >= 0.6 is 0 Å². The average Bonchev–Trinajstić information content (AvgIpc) is 3.86. The van der Waals surface area contributed by atoms with Crippen LogP contribution in [0.2, 0.25) is 0 Å². The maximum absolute atomic E-state index is 7.05. The van der Waals surface area contributed by atoms with Crippen LogP contribution in [0.3, 0.4) is 0 Å².